The fraction of sp³-hybridized carbons (Fsp3) is 0.200. The summed E-state index contributed by atoms with van der Waals surface area (Å²) in [6, 6.07) is 11.0. The molecule has 0 radical (unpaired) electrons. The number of aromatic nitrogens is 1. The van der Waals surface area contributed by atoms with Gasteiger partial charge in [0.05, 0.1) is 11.3 Å². The van der Waals surface area contributed by atoms with E-state index in [1.54, 1.807) is 25.4 Å². The number of pyridine rings is 1. The first-order valence-electron chi connectivity index (χ1n) is 6.46. The highest BCUT2D eigenvalue weighted by molar-refractivity contribution is 6.08. The lowest BCUT2D eigenvalue weighted by molar-refractivity contribution is 0.0988. The molecule has 0 saturated heterocycles. The Labute approximate surface area is 117 Å². The second-order valence-electron chi connectivity index (χ2n) is 4.51. The molecule has 2 heterocycles. The van der Waals surface area contributed by atoms with Gasteiger partial charge in [-0.2, -0.15) is 0 Å². The number of ether oxygens (including phenoxy) is 1. The third-order valence-electron chi connectivity index (χ3n) is 3.21. The Morgan fingerprint density at radius 3 is 3.00 bits per heavy atom. The fourth-order valence-corrected chi connectivity index (χ4v) is 2.18. The van der Waals surface area contributed by atoms with Gasteiger partial charge < -0.3 is 10.1 Å². The number of rotatable bonds is 2. The molecule has 1 aromatic heterocycles. The predicted octanol–water partition coefficient (Wildman–Crippen LogP) is 2.16. The van der Waals surface area contributed by atoms with E-state index < -0.39 is 0 Å². The Kier molecular flexibility index (Phi) is 3.25. The number of para-hydroxylation sites is 1. The predicted molar refractivity (Wildman–Crippen MR) is 77.4 cm³/mol. The quantitative estimate of drug-likeness (QED) is 0.907. The lowest BCUT2D eigenvalue weighted by Crippen LogP contribution is -2.29. The molecular formula is C15H15N3O2. The second-order valence-corrected chi connectivity index (χ2v) is 4.51. The zero-order chi connectivity index (χ0) is 13.9. The standard InChI is InChI=1S/C15H15N3O2/c1-18(13-7-2-3-8-17-13)15(19)11-5-4-6-12-14(11)20-10-9-16-12/h2-8,16H,9-10H2,1H3. The maximum absolute atomic E-state index is 12.6. The number of anilines is 2. The Balaban J connectivity index is 1.95. The molecule has 0 unspecified atom stereocenters. The van der Waals surface area contributed by atoms with Crippen LogP contribution in [0.2, 0.25) is 0 Å². The summed E-state index contributed by atoms with van der Waals surface area (Å²) < 4.78 is 5.63. The number of nitrogens with zero attached hydrogens (tertiary/aromatic N) is 2. The summed E-state index contributed by atoms with van der Waals surface area (Å²) in [5.41, 5.74) is 1.40. The number of carbonyl (C=O) groups is 1. The summed E-state index contributed by atoms with van der Waals surface area (Å²) in [7, 11) is 1.71. The molecule has 0 atom stereocenters. The van der Waals surface area contributed by atoms with Crippen LogP contribution in [0.15, 0.2) is 42.6 Å². The van der Waals surface area contributed by atoms with Gasteiger partial charge in [0, 0.05) is 19.8 Å². The van der Waals surface area contributed by atoms with Gasteiger partial charge in [0.1, 0.15) is 12.4 Å². The van der Waals surface area contributed by atoms with E-state index in [2.05, 4.69) is 10.3 Å². The molecule has 0 saturated carbocycles. The molecule has 0 bridgehead atoms. The average Bonchev–Trinajstić information content (AvgIpc) is 2.54. The van der Waals surface area contributed by atoms with Gasteiger partial charge in [-0.05, 0) is 24.3 Å². The largest absolute Gasteiger partial charge is 0.489 e. The fourth-order valence-electron chi connectivity index (χ4n) is 2.18. The van der Waals surface area contributed by atoms with Crippen molar-refractivity contribution in [2.24, 2.45) is 0 Å². The molecule has 5 nitrogen and oxygen atoms in total. The van der Waals surface area contributed by atoms with Gasteiger partial charge in [-0.3, -0.25) is 9.69 Å². The maximum atomic E-state index is 12.6. The van der Waals surface area contributed by atoms with Crippen LogP contribution in [-0.4, -0.2) is 31.1 Å². The van der Waals surface area contributed by atoms with Crippen molar-refractivity contribution < 1.29 is 9.53 Å². The number of benzene rings is 1. The van der Waals surface area contributed by atoms with Crippen LogP contribution in [0.3, 0.4) is 0 Å². The SMILES string of the molecule is CN(C(=O)c1cccc2c1OCCN2)c1ccccn1. The normalized spacial score (nSPS) is 12.8. The van der Waals surface area contributed by atoms with E-state index in [4.69, 9.17) is 4.74 Å². The van der Waals surface area contributed by atoms with Crippen molar-refractivity contribution in [2.75, 3.05) is 30.4 Å². The minimum absolute atomic E-state index is 0.135. The van der Waals surface area contributed by atoms with E-state index in [0.717, 1.165) is 12.2 Å². The Hall–Kier alpha value is -2.56. The first-order valence-corrected chi connectivity index (χ1v) is 6.46. The molecule has 0 spiro atoms. The van der Waals surface area contributed by atoms with Gasteiger partial charge in [0.15, 0.2) is 5.75 Å². The van der Waals surface area contributed by atoms with Crippen molar-refractivity contribution >= 4 is 17.4 Å². The zero-order valence-corrected chi connectivity index (χ0v) is 11.2. The second kappa shape index (κ2) is 5.21. The lowest BCUT2D eigenvalue weighted by atomic mass is 10.1. The van der Waals surface area contributed by atoms with Crippen LogP contribution in [0, 0.1) is 0 Å². The van der Waals surface area contributed by atoms with E-state index in [9.17, 15) is 4.79 Å². The maximum Gasteiger partial charge on any atom is 0.263 e. The van der Waals surface area contributed by atoms with Gasteiger partial charge in [0.2, 0.25) is 0 Å². The van der Waals surface area contributed by atoms with Gasteiger partial charge in [0.25, 0.3) is 5.91 Å². The van der Waals surface area contributed by atoms with Gasteiger partial charge in [-0.25, -0.2) is 4.98 Å². The molecular weight excluding hydrogens is 254 g/mol. The van der Waals surface area contributed by atoms with Crippen LogP contribution in [-0.2, 0) is 0 Å². The minimum Gasteiger partial charge on any atom is -0.489 e. The number of amides is 1. The van der Waals surface area contributed by atoms with Crippen molar-refractivity contribution in [1.29, 1.82) is 0 Å². The third-order valence-corrected chi connectivity index (χ3v) is 3.21. The number of carbonyl (C=O) groups excluding carboxylic acids is 1. The summed E-state index contributed by atoms with van der Waals surface area (Å²) in [4.78, 5) is 18.3. The highest BCUT2D eigenvalue weighted by atomic mass is 16.5. The Morgan fingerprint density at radius 2 is 2.20 bits per heavy atom. The molecule has 1 amide bonds. The highest BCUT2D eigenvalue weighted by Crippen LogP contribution is 2.32. The zero-order valence-electron chi connectivity index (χ0n) is 11.2. The van der Waals surface area contributed by atoms with Crippen LogP contribution in [0.1, 0.15) is 10.4 Å². The number of fused-ring (bicyclic) bond motifs is 1. The summed E-state index contributed by atoms with van der Waals surface area (Å²) in [5, 5.41) is 3.23. The van der Waals surface area contributed by atoms with Crippen LogP contribution >= 0.6 is 0 Å². The highest BCUT2D eigenvalue weighted by Gasteiger charge is 2.22. The summed E-state index contributed by atoms with van der Waals surface area (Å²) in [6.07, 6.45) is 1.66. The molecule has 1 N–H and O–H groups in total. The number of hydrogen-bond acceptors (Lipinski definition) is 4. The van der Waals surface area contributed by atoms with Crippen molar-refractivity contribution in [2.45, 2.75) is 0 Å². The van der Waals surface area contributed by atoms with Crippen molar-refractivity contribution in [1.82, 2.24) is 4.98 Å². The molecule has 0 aliphatic carbocycles. The Bertz CT molecular complexity index is 628. The molecule has 3 rings (SSSR count). The molecule has 102 valence electrons. The molecule has 5 heteroatoms. The molecule has 1 aliphatic rings. The Morgan fingerprint density at radius 1 is 1.30 bits per heavy atom. The van der Waals surface area contributed by atoms with Crippen LogP contribution in [0.5, 0.6) is 5.75 Å². The molecule has 0 fully saturated rings. The van der Waals surface area contributed by atoms with E-state index in [0.29, 0.717) is 23.7 Å². The van der Waals surface area contributed by atoms with E-state index in [-0.39, 0.29) is 5.91 Å². The first kappa shape index (κ1) is 12.5. The molecule has 20 heavy (non-hydrogen) atoms. The number of nitrogens with one attached hydrogen (secondary N) is 1. The van der Waals surface area contributed by atoms with E-state index in [1.165, 1.54) is 4.90 Å². The average molecular weight is 269 g/mol. The molecule has 1 aromatic carbocycles. The molecule has 1 aliphatic heterocycles. The van der Waals surface area contributed by atoms with Gasteiger partial charge in [-0.15, -0.1) is 0 Å². The smallest absolute Gasteiger partial charge is 0.263 e. The van der Waals surface area contributed by atoms with E-state index in [1.807, 2.05) is 24.3 Å². The third kappa shape index (κ3) is 2.18. The summed E-state index contributed by atoms with van der Waals surface area (Å²) in [6.45, 7) is 1.31. The van der Waals surface area contributed by atoms with Crippen molar-refractivity contribution in [3.05, 3.63) is 48.2 Å². The summed E-state index contributed by atoms with van der Waals surface area (Å²) >= 11 is 0. The lowest BCUT2D eigenvalue weighted by Gasteiger charge is -2.23. The number of hydrogen-bond donors (Lipinski definition) is 1. The van der Waals surface area contributed by atoms with Gasteiger partial charge in [-0.1, -0.05) is 12.1 Å². The summed E-state index contributed by atoms with van der Waals surface area (Å²) in [5.74, 6) is 1.09. The van der Waals surface area contributed by atoms with Crippen molar-refractivity contribution in [3.63, 3.8) is 0 Å². The first-order chi connectivity index (χ1) is 9.77. The van der Waals surface area contributed by atoms with E-state index >= 15 is 0 Å². The van der Waals surface area contributed by atoms with Crippen LogP contribution < -0.4 is 15.0 Å². The monoisotopic (exact) mass is 269 g/mol. The minimum atomic E-state index is -0.135. The van der Waals surface area contributed by atoms with Crippen LogP contribution in [0.25, 0.3) is 0 Å². The molecule has 2 aromatic rings. The van der Waals surface area contributed by atoms with Crippen LogP contribution in [0.4, 0.5) is 11.5 Å². The van der Waals surface area contributed by atoms with Gasteiger partial charge >= 0.3 is 0 Å². The van der Waals surface area contributed by atoms with Crippen molar-refractivity contribution in [3.8, 4) is 5.75 Å². The topological polar surface area (TPSA) is 54.5 Å².